The van der Waals surface area contributed by atoms with Gasteiger partial charge in [0.05, 0.1) is 29.5 Å². The molecule has 0 fully saturated rings. The molecule has 3 aromatic rings. The molecule has 0 aliphatic heterocycles. The number of benzene rings is 1. The molecular weight excluding hydrogens is 525 g/mol. The molecule has 0 unspecified atom stereocenters. The molecule has 8 heteroatoms. The van der Waals surface area contributed by atoms with E-state index < -0.39 is 0 Å². The van der Waals surface area contributed by atoms with Crippen molar-refractivity contribution in [1.29, 1.82) is 0 Å². The van der Waals surface area contributed by atoms with E-state index in [1.54, 1.807) is 22.7 Å². The van der Waals surface area contributed by atoms with Crippen molar-refractivity contribution in [2.45, 2.75) is 52.6 Å². The number of nitrogens with zero attached hydrogens (tertiary/aromatic N) is 3. The zero-order valence-corrected chi connectivity index (χ0v) is 21.7. The lowest BCUT2D eigenvalue weighted by Gasteiger charge is -2.09. The van der Waals surface area contributed by atoms with E-state index in [-0.39, 0.29) is 24.0 Å². The van der Waals surface area contributed by atoms with Crippen molar-refractivity contribution in [2.75, 3.05) is 6.54 Å². The summed E-state index contributed by atoms with van der Waals surface area (Å²) in [4.78, 5) is 14.1. The number of aliphatic imine (C=N–C) groups is 1. The van der Waals surface area contributed by atoms with Crippen LogP contribution in [0, 0.1) is 0 Å². The predicted octanol–water partition coefficient (Wildman–Crippen LogP) is 5.38. The molecule has 2 heterocycles. The van der Waals surface area contributed by atoms with Crippen molar-refractivity contribution >= 4 is 52.6 Å². The van der Waals surface area contributed by atoms with Crippen LogP contribution in [0.1, 0.15) is 53.7 Å². The van der Waals surface area contributed by atoms with Crippen LogP contribution in [0.5, 0.6) is 0 Å². The number of hydrogen-bond acceptors (Lipinski definition) is 5. The van der Waals surface area contributed by atoms with Crippen LogP contribution in [0.2, 0.25) is 0 Å². The summed E-state index contributed by atoms with van der Waals surface area (Å²) >= 11 is 3.41. The predicted molar refractivity (Wildman–Crippen MR) is 139 cm³/mol. The second kappa shape index (κ2) is 13.0. The maximum absolute atomic E-state index is 4.74. The number of aromatic nitrogens is 2. The molecule has 0 atom stereocenters. The minimum Gasteiger partial charge on any atom is -0.357 e. The molecule has 0 radical (unpaired) electrons. The normalized spacial score (nSPS) is 11.4. The largest absolute Gasteiger partial charge is 0.357 e. The van der Waals surface area contributed by atoms with Crippen LogP contribution in [0.15, 0.2) is 46.1 Å². The van der Waals surface area contributed by atoms with E-state index in [0.717, 1.165) is 41.7 Å². The van der Waals surface area contributed by atoms with Gasteiger partial charge in [-0.3, -0.25) is 0 Å². The molecule has 2 aromatic heterocycles. The van der Waals surface area contributed by atoms with Gasteiger partial charge in [-0.05, 0) is 24.8 Å². The highest BCUT2D eigenvalue weighted by molar-refractivity contribution is 14.0. The Morgan fingerprint density at radius 3 is 2.47 bits per heavy atom. The Kier molecular flexibility index (Phi) is 10.7. The molecule has 0 saturated carbocycles. The number of aryl methyl sites for hydroxylation is 2. The van der Waals surface area contributed by atoms with Crippen LogP contribution in [-0.4, -0.2) is 22.5 Å². The van der Waals surface area contributed by atoms with E-state index in [1.165, 1.54) is 10.6 Å². The Balaban J connectivity index is 0.00000320. The highest BCUT2D eigenvalue weighted by Gasteiger charge is 2.07. The second-order valence-electron chi connectivity index (χ2n) is 7.09. The summed E-state index contributed by atoms with van der Waals surface area (Å²) < 4.78 is 0. The lowest BCUT2D eigenvalue weighted by molar-refractivity contribution is 0.786. The molecule has 3 rings (SSSR count). The lowest BCUT2D eigenvalue weighted by atomic mass is 10.1. The Labute approximate surface area is 204 Å². The lowest BCUT2D eigenvalue weighted by Crippen LogP contribution is -2.36. The third-order valence-electron chi connectivity index (χ3n) is 4.38. The first kappa shape index (κ1) is 24.7. The Morgan fingerprint density at radius 2 is 1.77 bits per heavy atom. The van der Waals surface area contributed by atoms with Crippen LogP contribution in [0.4, 0.5) is 0 Å². The van der Waals surface area contributed by atoms with Crippen LogP contribution < -0.4 is 10.6 Å². The maximum Gasteiger partial charge on any atom is 0.191 e. The van der Waals surface area contributed by atoms with E-state index in [9.17, 15) is 0 Å². The standard InChI is InChI=1S/C22H29N5S2.HI/c1-4-23-22(25-13-21-27-19(15-29-21)16(2)3)24-12-18-14-28-20(26-18)11-10-17-8-6-5-7-9-17;/h5-9,14-16H,4,10-13H2,1-3H3,(H2,23,24,25);1H. The summed E-state index contributed by atoms with van der Waals surface area (Å²) in [5.74, 6) is 1.26. The third kappa shape index (κ3) is 7.96. The zero-order chi connectivity index (χ0) is 20.5. The number of hydrogen-bond donors (Lipinski definition) is 2. The summed E-state index contributed by atoms with van der Waals surface area (Å²) in [7, 11) is 0. The smallest absolute Gasteiger partial charge is 0.191 e. The summed E-state index contributed by atoms with van der Waals surface area (Å²) in [6.45, 7) is 8.48. The fraction of sp³-hybridized carbons (Fsp3) is 0.409. The van der Waals surface area contributed by atoms with E-state index in [2.05, 4.69) is 82.5 Å². The quantitative estimate of drug-likeness (QED) is 0.212. The van der Waals surface area contributed by atoms with Crippen molar-refractivity contribution in [3.05, 3.63) is 68.1 Å². The number of guanidine groups is 1. The average molecular weight is 556 g/mol. The van der Waals surface area contributed by atoms with Crippen molar-refractivity contribution in [3.8, 4) is 0 Å². The van der Waals surface area contributed by atoms with Crippen molar-refractivity contribution < 1.29 is 0 Å². The highest BCUT2D eigenvalue weighted by Crippen LogP contribution is 2.17. The van der Waals surface area contributed by atoms with E-state index in [1.807, 2.05) is 0 Å². The van der Waals surface area contributed by atoms with Crippen LogP contribution >= 0.6 is 46.7 Å². The molecule has 0 aliphatic rings. The number of halogens is 1. The molecule has 1 aromatic carbocycles. The topological polar surface area (TPSA) is 62.2 Å². The number of thiazole rings is 2. The van der Waals surface area contributed by atoms with Gasteiger partial charge in [0.1, 0.15) is 5.01 Å². The van der Waals surface area contributed by atoms with Gasteiger partial charge in [0, 0.05) is 23.7 Å². The van der Waals surface area contributed by atoms with E-state index >= 15 is 0 Å². The molecule has 0 bridgehead atoms. The van der Waals surface area contributed by atoms with Gasteiger partial charge in [-0.25, -0.2) is 15.0 Å². The molecule has 0 aliphatic carbocycles. The molecule has 162 valence electrons. The van der Waals surface area contributed by atoms with Gasteiger partial charge in [-0.15, -0.1) is 46.7 Å². The fourth-order valence-corrected chi connectivity index (χ4v) is 4.45. The number of rotatable bonds is 9. The van der Waals surface area contributed by atoms with Crippen LogP contribution in [0.3, 0.4) is 0 Å². The summed E-state index contributed by atoms with van der Waals surface area (Å²) in [6.07, 6.45) is 1.99. The second-order valence-corrected chi connectivity index (χ2v) is 8.97. The molecular formula is C22H30IN5S2. The molecule has 5 nitrogen and oxygen atoms in total. The minimum absolute atomic E-state index is 0. The van der Waals surface area contributed by atoms with Crippen molar-refractivity contribution in [1.82, 2.24) is 20.6 Å². The van der Waals surface area contributed by atoms with Gasteiger partial charge >= 0.3 is 0 Å². The fourth-order valence-electron chi connectivity index (χ4n) is 2.76. The van der Waals surface area contributed by atoms with Crippen molar-refractivity contribution in [3.63, 3.8) is 0 Å². The first-order valence-corrected chi connectivity index (χ1v) is 11.8. The molecule has 2 N–H and O–H groups in total. The van der Waals surface area contributed by atoms with Gasteiger partial charge < -0.3 is 10.6 Å². The first-order valence-electron chi connectivity index (χ1n) is 10.1. The van der Waals surface area contributed by atoms with E-state index in [4.69, 9.17) is 4.98 Å². The third-order valence-corrected chi connectivity index (χ3v) is 6.21. The maximum atomic E-state index is 4.74. The molecule has 0 amide bonds. The minimum atomic E-state index is 0. The van der Waals surface area contributed by atoms with Gasteiger partial charge in [0.25, 0.3) is 0 Å². The van der Waals surface area contributed by atoms with Crippen LogP contribution in [-0.2, 0) is 25.9 Å². The molecule has 0 saturated heterocycles. The van der Waals surface area contributed by atoms with E-state index in [0.29, 0.717) is 19.0 Å². The Morgan fingerprint density at radius 1 is 1.00 bits per heavy atom. The van der Waals surface area contributed by atoms with Gasteiger partial charge in [0.2, 0.25) is 0 Å². The van der Waals surface area contributed by atoms with Gasteiger partial charge in [-0.2, -0.15) is 0 Å². The van der Waals surface area contributed by atoms with Gasteiger partial charge in [0.15, 0.2) is 5.96 Å². The van der Waals surface area contributed by atoms with Crippen LogP contribution in [0.25, 0.3) is 0 Å². The molecule has 0 spiro atoms. The summed E-state index contributed by atoms with van der Waals surface area (Å²) in [5.41, 5.74) is 3.52. The Hall–Kier alpha value is -1.52. The highest BCUT2D eigenvalue weighted by atomic mass is 127. The zero-order valence-electron chi connectivity index (χ0n) is 17.7. The average Bonchev–Trinajstić information content (AvgIpc) is 3.39. The summed E-state index contributed by atoms with van der Waals surface area (Å²) in [5, 5.41) is 13.2. The van der Waals surface area contributed by atoms with Gasteiger partial charge in [-0.1, -0.05) is 44.2 Å². The monoisotopic (exact) mass is 555 g/mol. The van der Waals surface area contributed by atoms with Crippen molar-refractivity contribution in [2.24, 2.45) is 4.99 Å². The first-order chi connectivity index (χ1) is 14.1. The Bertz CT molecular complexity index is 905. The summed E-state index contributed by atoms with van der Waals surface area (Å²) in [6, 6.07) is 10.6. The SMILES string of the molecule is CCNC(=NCc1csc(CCc2ccccc2)n1)NCc1nc(C(C)C)cs1.I. The number of nitrogens with one attached hydrogen (secondary N) is 2. The molecule has 30 heavy (non-hydrogen) atoms.